The molecule has 0 aliphatic rings. The van der Waals surface area contributed by atoms with Crippen molar-refractivity contribution < 1.29 is 9.90 Å². The summed E-state index contributed by atoms with van der Waals surface area (Å²) in [6.07, 6.45) is 1.53. The summed E-state index contributed by atoms with van der Waals surface area (Å²) in [4.78, 5) is 11.9. The molecule has 108 valence electrons. The first-order valence-electron chi connectivity index (χ1n) is 6.05. The molecule has 2 aromatic rings. The van der Waals surface area contributed by atoms with Crippen LogP contribution in [0, 0.1) is 10.5 Å². The van der Waals surface area contributed by atoms with E-state index in [0.717, 1.165) is 11.1 Å². The molecule has 0 aromatic heterocycles. The number of carbonyl (C=O) groups excluding carboxylic acids is 1. The number of phenolic OH excluding ortho intramolecular Hbond substituents is 1. The van der Waals surface area contributed by atoms with Crippen molar-refractivity contribution in [2.45, 2.75) is 6.92 Å². The highest BCUT2D eigenvalue weighted by molar-refractivity contribution is 14.1. The Morgan fingerprint density at radius 2 is 2.00 bits per heavy atom. The Morgan fingerprint density at radius 3 is 2.62 bits per heavy atom. The minimum atomic E-state index is -0.265. The van der Waals surface area contributed by atoms with Gasteiger partial charge in [-0.2, -0.15) is 5.10 Å². The second kappa shape index (κ2) is 7.04. The number of aromatic hydroxyl groups is 1. The van der Waals surface area contributed by atoms with Crippen molar-refractivity contribution in [2.24, 2.45) is 5.10 Å². The topological polar surface area (TPSA) is 61.7 Å². The van der Waals surface area contributed by atoms with Crippen LogP contribution in [0.1, 0.15) is 21.5 Å². The fourth-order valence-electron chi connectivity index (χ4n) is 1.59. The van der Waals surface area contributed by atoms with E-state index >= 15 is 0 Å². The van der Waals surface area contributed by atoms with Gasteiger partial charge in [-0.3, -0.25) is 4.79 Å². The summed E-state index contributed by atoms with van der Waals surface area (Å²) in [6.45, 7) is 1.96. The van der Waals surface area contributed by atoms with Gasteiger partial charge in [0.05, 0.1) is 14.3 Å². The van der Waals surface area contributed by atoms with Gasteiger partial charge >= 0.3 is 0 Å². The van der Waals surface area contributed by atoms with Crippen molar-refractivity contribution in [3.8, 4) is 5.75 Å². The molecule has 0 spiro atoms. The highest BCUT2D eigenvalue weighted by Gasteiger charge is 2.05. The fraction of sp³-hybridized carbons (Fsp3) is 0.0667. The van der Waals surface area contributed by atoms with E-state index in [4.69, 9.17) is 0 Å². The highest BCUT2D eigenvalue weighted by Crippen LogP contribution is 2.29. The maximum atomic E-state index is 11.9. The Kier molecular flexibility index (Phi) is 5.35. The fourth-order valence-corrected chi connectivity index (χ4v) is 3.09. The summed E-state index contributed by atoms with van der Waals surface area (Å²) in [6, 6.07) is 10.7. The molecule has 0 bridgehead atoms. The number of aryl methyl sites for hydroxylation is 1. The van der Waals surface area contributed by atoms with Gasteiger partial charge in [-0.05, 0) is 75.3 Å². The lowest BCUT2D eigenvalue weighted by Gasteiger charge is -2.03. The van der Waals surface area contributed by atoms with E-state index in [9.17, 15) is 9.90 Å². The molecule has 0 fully saturated rings. The van der Waals surface area contributed by atoms with E-state index in [1.54, 1.807) is 24.3 Å². The maximum absolute atomic E-state index is 11.9. The number of benzene rings is 2. The van der Waals surface area contributed by atoms with Crippen molar-refractivity contribution >= 4 is 50.6 Å². The zero-order valence-electron chi connectivity index (χ0n) is 11.1. The Morgan fingerprint density at radius 1 is 1.33 bits per heavy atom. The Labute approximate surface area is 144 Å². The molecule has 0 saturated heterocycles. The van der Waals surface area contributed by atoms with Crippen LogP contribution in [0.5, 0.6) is 5.75 Å². The highest BCUT2D eigenvalue weighted by atomic mass is 127. The van der Waals surface area contributed by atoms with Gasteiger partial charge in [0.2, 0.25) is 0 Å². The normalized spacial score (nSPS) is 10.8. The Hall–Kier alpha value is -1.41. The van der Waals surface area contributed by atoms with Gasteiger partial charge in [-0.1, -0.05) is 17.7 Å². The van der Waals surface area contributed by atoms with Crippen LogP contribution >= 0.6 is 38.5 Å². The van der Waals surface area contributed by atoms with Crippen molar-refractivity contribution in [3.63, 3.8) is 0 Å². The molecule has 2 N–H and O–H groups in total. The average molecular weight is 459 g/mol. The summed E-state index contributed by atoms with van der Waals surface area (Å²) in [5.41, 5.74) is 4.89. The number of phenols is 1. The monoisotopic (exact) mass is 458 g/mol. The standard InChI is InChI=1S/C15H12BrIN2O2/c1-9-2-4-11(5-3-9)15(21)19-18-8-10-6-12(16)14(20)13(17)7-10/h2-8,20H,1H3,(H,19,21)/b18-8-. The van der Waals surface area contributed by atoms with E-state index in [-0.39, 0.29) is 11.7 Å². The quantitative estimate of drug-likeness (QED) is 0.417. The maximum Gasteiger partial charge on any atom is 0.271 e. The molecule has 1 amide bonds. The van der Waals surface area contributed by atoms with Crippen LogP contribution in [0.2, 0.25) is 0 Å². The third-order valence-electron chi connectivity index (χ3n) is 2.73. The molecule has 6 heteroatoms. The molecule has 0 heterocycles. The third-order valence-corrected chi connectivity index (χ3v) is 4.16. The zero-order chi connectivity index (χ0) is 15.4. The largest absolute Gasteiger partial charge is 0.506 e. The predicted molar refractivity (Wildman–Crippen MR) is 94.8 cm³/mol. The summed E-state index contributed by atoms with van der Waals surface area (Å²) < 4.78 is 1.29. The van der Waals surface area contributed by atoms with E-state index in [2.05, 4.69) is 26.5 Å². The van der Waals surface area contributed by atoms with Crippen LogP contribution in [-0.2, 0) is 0 Å². The SMILES string of the molecule is Cc1ccc(C(=O)N/N=C\c2cc(Br)c(O)c(I)c2)cc1. The molecule has 4 nitrogen and oxygen atoms in total. The summed E-state index contributed by atoms with van der Waals surface area (Å²) in [7, 11) is 0. The van der Waals surface area contributed by atoms with Gasteiger partial charge < -0.3 is 5.11 Å². The van der Waals surface area contributed by atoms with Crippen LogP contribution in [0.15, 0.2) is 46.0 Å². The number of amides is 1. The molecule has 0 saturated carbocycles. The summed E-state index contributed by atoms with van der Waals surface area (Å²) in [5.74, 6) is -0.0739. The number of rotatable bonds is 3. The molecule has 2 rings (SSSR count). The number of nitrogens with zero attached hydrogens (tertiary/aromatic N) is 1. The Balaban J connectivity index is 2.05. The third kappa shape index (κ3) is 4.28. The zero-order valence-corrected chi connectivity index (χ0v) is 14.8. The summed E-state index contributed by atoms with van der Waals surface area (Å²) >= 11 is 5.28. The number of carbonyl (C=O) groups is 1. The lowest BCUT2D eigenvalue weighted by molar-refractivity contribution is 0.0955. The minimum absolute atomic E-state index is 0.191. The van der Waals surface area contributed by atoms with Crippen LogP contribution in [0.4, 0.5) is 0 Å². The second-order valence-corrected chi connectivity index (χ2v) is 6.41. The van der Waals surface area contributed by atoms with Crippen molar-refractivity contribution in [3.05, 3.63) is 61.1 Å². The van der Waals surface area contributed by atoms with Crippen molar-refractivity contribution in [2.75, 3.05) is 0 Å². The molecular weight excluding hydrogens is 447 g/mol. The summed E-state index contributed by atoms with van der Waals surface area (Å²) in [5, 5.41) is 13.6. The van der Waals surface area contributed by atoms with Gasteiger partial charge in [-0.25, -0.2) is 5.43 Å². The minimum Gasteiger partial charge on any atom is -0.506 e. The first-order chi connectivity index (χ1) is 9.97. The number of halogens is 2. The van der Waals surface area contributed by atoms with Crippen molar-refractivity contribution in [1.29, 1.82) is 0 Å². The van der Waals surface area contributed by atoms with Crippen LogP contribution in [-0.4, -0.2) is 17.2 Å². The molecule has 2 aromatic carbocycles. The molecule has 0 aliphatic heterocycles. The average Bonchev–Trinajstić information content (AvgIpc) is 2.45. The van der Waals surface area contributed by atoms with E-state index in [1.165, 1.54) is 6.21 Å². The van der Waals surface area contributed by atoms with Gasteiger partial charge in [0.25, 0.3) is 5.91 Å². The molecule has 0 unspecified atom stereocenters. The van der Waals surface area contributed by atoms with Gasteiger partial charge in [-0.15, -0.1) is 0 Å². The molecular formula is C15H12BrIN2O2. The Bertz CT molecular complexity index is 676. The number of hydrogen-bond acceptors (Lipinski definition) is 3. The molecule has 21 heavy (non-hydrogen) atoms. The first kappa shape index (κ1) is 16.0. The predicted octanol–water partition coefficient (Wildman–Crippen LogP) is 3.83. The van der Waals surface area contributed by atoms with Crippen LogP contribution < -0.4 is 5.43 Å². The van der Waals surface area contributed by atoms with E-state index in [0.29, 0.717) is 13.6 Å². The van der Waals surface area contributed by atoms with Crippen LogP contribution in [0.25, 0.3) is 0 Å². The number of hydrogen-bond donors (Lipinski definition) is 2. The number of nitrogens with one attached hydrogen (secondary N) is 1. The molecule has 0 radical (unpaired) electrons. The number of hydrazone groups is 1. The van der Waals surface area contributed by atoms with E-state index in [1.807, 2.05) is 41.6 Å². The van der Waals surface area contributed by atoms with Gasteiger partial charge in [0, 0.05) is 5.56 Å². The lowest BCUT2D eigenvalue weighted by Crippen LogP contribution is -2.17. The van der Waals surface area contributed by atoms with Crippen LogP contribution in [0.3, 0.4) is 0 Å². The van der Waals surface area contributed by atoms with Gasteiger partial charge in [0.1, 0.15) is 5.75 Å². The van der Waals surface area contributed by atoms with Crippen molar-refractivity contribution in [1.82, 2.24) is 5.43 Å². The smallest absolute Gasteiger partial charge is 0.271 e. The van der Waals surface area contributed by atoms with E-state index < -0.39 is 0 Å². The second-order valence-electron chi connectivity index (χ2n) is 4.40. The lowest BCUT2D eigenvalue weighted by atomic mass is 10.1. The molecule has 0 aliphatic carbocycles. The first-order valence-corrected chi connectivity index (χ1v) is 7.92. The molecule has 0 atom stereocenters. The van der Waals surface area contributed by atoms with Gasteiger partial charge in [0.15, 0.2) is 0 Å².